The normalized spacial score (nSPS) is 12.9. The molecule has 0 radical (unpaired) electrons. The average molecular weight is 302 g/mol. The van der Waals surface area contributed by atoms with Crippen LogP contribution in [0, 0.1) is 0 Å². The summed E-state index contributed by atoms with van der Waals surface area (Å²) in [6, 6.07) is 9.64. The van der Waals surface area contributed by atoms with Crippen LogP contribution in [0.3, 0.4) is 0 Å². The Labute approximate surface area is 130 Å². The Morgan fingerprint density at radius 1 is 1.36 bits per heavy atom. The Morgan fingerprint density at radius 2 is 2.14 bits per heavy atom. The van der Waals surface area contributed by atoms with Crippen molar-refractivity contribution in [1.29, 1.82) is 0 Å². The lowest BCUT2D eigenvalue weighted by molar-refractivity contribution is -0.0456. The van der Waals surface area contributed by atoms with Gasteiger partial charge in [-0.2, -0.15) is 0 Å². The monoisotopic (exact) mass is 302 g/mol. The van der Waals surface area contributed by atoms with Crippen molar-refractivity contribution in [2.75, 3.05) is 0 Å². The molecule has 1 aromatic heterocycles. The SMILES string of the molecule is CCCC(Oc1ccc2cccnc2c1)C(C)(C)OC(N)=O. The first-order chi connectivity index (χ1) is 10.4. The van der Waals surface area contributed by atoms with Crippen LogP contribution < -0.4 is 10.5 Å². The van der Waals surface area contributed by atoms with Gasteiger partial charge in [0.25, 0.3) is 0 Å². The van der Waals surface area contributed by atoms with Crippen LogP contribution in [0.4, 0.5) is 4.79 Å². The number of aromatic nitrogens is 1. The quantitative estimate of drug-likeness (QED) is 0.883. The van der Waals surface area contributed by atoms with E-state index in [1.165, 1.54) is 0 Å². The summed E-state index contributed by atoms with van der Waals surface area (Å²) in [7, 11) is 0. The summed E-state index contributed by atoms with van der Waals surface area (Å²) in [5, 5.41) is 1.05. The molecule has 1 atom stereocenters. The molecule has 118 valence electrons. The van der Waals surface area contributed by atoms with E-state index < -0.39 is 11.7 Å². The lowest BCUT2D eigenvalue weighted by atomic mass is 9.97. The first kappa shape index (κ1) is 16.1. The largest absolute Gasteiger partial charge is 0.486 e. The maximum Gasteiger partial charge on any atom is 0.405 e. The van der Waals surface area contributed by atoms with Crippen LogP contribution in [0.1, 0.15) is 33.6 Å². The molecule has 0 saturated carbocycles. The van der Waals surface area contributed by atoms with E-state index >= 15 is 0 Å². The highest BCUT2D eigenvalue weighted by molar-refractivity contribution is 5.79. The molecule has 2 N–H and O–H groups in total. The molecule has 5 heteroatoms. The molecule has 1 unspecified atom stereocenters. The van der Waals surface area contributed by atoms with Crippen LogP contribution in [-0.2, 0) is 4.74 Å². The molecule has 2 aromatic rings. The Balaban J connectivity index is 2.23. The summed E-state index contributed by atoms with van der Waals surface area (Å²) < 4.78 is 11.3. The van der Waals surface area contributed by atoms with Gasteiger partial charge in [0.2, 0.25) is 0 Å². The fourth-order valence-electron chi connectivity index (χ4n) is 2.42. The minimum absolute atomic E-state index is 0.286. The van der Waals surface area contributed by atoms with E-state index in [2.05, 4.69) is 11.9 Å². The predicted molar refractivity (Wildman–Crippen MR) is 85.8 cm³/mol. The number of amides is 1. The van der Waals surface area contributed by atoms with E-state index in [4.69, 9.17) is 15.2 Å². The molecule has 5 nitrogen and oxygen atoms in total. The van der Waals surface area contributed by atoms with Gasteiger partial charge >= 0.3 is 6.09 Å². The van der Waals surface area contributed by atoms with E-state index in [-0.39, 0.29) is 6.10 Å². The number of primary amides is 1. The van der Waals surface area contributed by atoms with Crippen LogP contribution >= 0.6 is 0 Å². The van der Waals surface area contributed by atoms with Crippen molar-refractivity contribution in [3.8, 4) is 5.75 Å². The van der Waals surface area contributed by atoms with Crippen LogP contribution in [0.5, 0.6) is 5.75 Å². The van der Waals surface area contributed by atoms with Gasteiger partial charge in [0, 0.05) is 17.6 Å². The Morgan fingerprint density at radius 3 is 2.82 bits per heavy atom. The van der Waals surface area contributed by atoms with Crippen molar-refractivity contribution in [2.24, 2.45) is 5.73 Å². The lowest BCUT2D eigenvalue weighted by Gasteiger charge is -2.33. The highest BCUT2D eigenvalue weighted by Crippen LogP contribution is 2.27. The number of carbonyl (C=O) groups is 1. The van der Waals surface area contributed by atoms with Crippen LogP contribution in [0.25, 0.3) is 10.9 Å². The fraction of sp³-hybridized carbons (Fsp3) is 0.412. The Bertz CT molecular complexity index is 655. The van der Waals surface area contributed by atoms with Crippen molar-refractivity contribution >= 4 is 17.0 Å². The molecular weight excluding hydrogens is 280 g/mol. The second kappa shape index (κ2) is 6.64. The number of hydrogen-bond acceptors (Lipinski definition) is 4. The molecule has 0 bridgehead atoms. The minimum atomic E-state index is -0.805. The molecule has 1 amide bonds. The number of fused-ring (bicyclic) bond motifs is 1. The molecule has 0 spiro atoms. The van der Waals surface area contributed by atoms with Crippen molar-refractivity contribution < 1.29 is 14.3 Å². The zero-order valence-corrected chi connectivity index (χ0v) is 13.2. The number of pyridine rings is 1. The van der Waals surface area contributed by atoms with Crippen molar-refractivity contribution in [3.05, 3.63) is 36.5 Å². The molecule has 0 fully saturated rings. The lowest BCUT2D eigenvalue weighted by Crippen LogP contribution is -2.45. The van der Waals surface area contributed by atoms with Gasteiger partial charge < -0.3 is 15.2 Å². The number of rotatable bonds is 6. The fourth-order valence-corrected chi connectivity index (χ4v) is 2.42. The van der Waals surface area contributed by atoms with E-state index in [1.807, 2.05) is 30.3 Å². The Hall–Kier alpha value is -2.30. The molecule has 22 heavy (non-hydrogen) atoms. The third-order valence-electron chi connectivity index (χ3n) is 3.55. The van der Waals surface area contributed by atoms with E-state index in [9.17, 15) is 4.79 Å². The first-order valence-corrected chi connectivity index (χ1v) is 7.42. The predicted octanol–water partition coefficient (Wildman–Crippen LogP) is 3.66. The van der Waals surface area contributed by atoms with Gasteiger partial charge in [-0.25, -0.2) is 4.79 Å². The van der Waals surface area contributed by atoms with E-state index in [0.29, 0.717) is 5.75 Å². The number of ether oxygens (including phenoxy) is 2. The van der Waals surface area contributed by atoms with Gasteiger partial charge in [-0.3, -0.25) is 4.98 Å². The molecule has 1 aromatic carbocycles. The summed E-state index contributed by atoms with van der Waals surface area (Å²) >= 11 is 0. The summed E-state index contributed by atoms with van der Waals surface area (Å²) in [5.74, 6) is 0.700. The number of carbonyl (C=O) groups excluding carboxylic acids is 1. The number of nitrogens with two attached hydrogens (primary N) is 1. The second-order valence-electron chi connectivity index (χ2n) is 5.78. The molecular formula is C17H22N2O3. The van der Waals surface area contributed by atoms with E-state index in [1.54, 1.807) is 20.0 Å². The Kier molecular flexibility index (Phi) is 4.85. The number of hydrogen-bond donors (Lipinski definition) is 1. The van der Waals surface area contributed by atoms with Crippen LogP contribution in [-0.4, -0.2) is 22.8 Å². The molecule has 0 aliphatic heterocycles. The van der Waals surface area contributed by atoms with Crippen LogP contribution in [0.2, 0.25) is 0 Å². The van der Waals surface area contributed by atoms with Crippen LogP contribution in [0.15, 0.2) is 36.5 Å². The standard InChI is InChI=1S/C17H22N2O3/c1-4-6-15(17(2,3)22-16(18)20)21-13-9-8-12-7-5-10-19-14(12)11-13/h5,7-11,15H,4,6H2,1-3H3,(H2,18,20). The zero-order valence-electron chi connectivity index (χ0n) is 13.2. The van der Waals surface area contributed by atoms with Gasteiger partial charge in [0.05, 0.1) is 5.52 Å². The highest BCUT2D eigenvalue weighted by Gasteiger charge is 2.34. The molecule has 0 aliphatic carbocycles. The van der Waals surface area contributed by atoms with Gasteiger partial charge in [-0.05, 0) is 38.5 Å². The summed E-state index contributed by atoms with van der Waals surface area (Å²) in [6.07, 6.45) is 2.32. The first-order valence-electron chi connectivity index (χ1n) is 7.42. The molecule has 0 aliphatic rings. The summed E-state index contributed by atoms with van der Waals surface area (Å²) in [5.41, 5.74) is 5.21. The zero-order chi connectivity index (χ0) is 16.2. The van der Waals surface area contributed by atoms with Crippen molar-refractivity contribution in [2.45, 2.75) is 45.3 Å². The number of benzene rings is 1. The number of nitrogens with zero attached hydrogens (tertiary/aromatic N) is 1. The van der Waals surface area contributed by atoms with Gasteiger partial charge in [0.15, 0.2) is 0 Å². The molecule has 1 heterocycles. The third-order valence-corrected chi connectivity index (χ3v) is 3.55. The van der Waals surface area contributed by atoms with Crippen molar-refractivity contribution in [3.63, 3.8) is 0 Å². The summed E-state index contributed by atoms with van der Waals surface area (Å²) in [4.78, 5) is 15.4. The smallest absolute Gasteiger partial charge is 0.405 e. The maximum atomic E-state index is 11.1. The van der Waals surface area contributed by atoms with E-state index in [0.717, 1.165) is 23.7 Å². The summed E-state index contributed by atoms with van der Waals surface area (Å²) in [6.45, 7) is 5.66. The molecule has 0 saturated heterocycles. The van der Waals surface area contributed by atoms with Gasteiger partial charge in [0.1, 0.15) is 17.5 Å². The van der Waals surface area contributed by atoms with Crippen molar-refractivity contribution in [1.82, 2.24) is 4.98 Å². The highest BCUT2D eigenvalue weighted by atomic mass is 16.6. The topological polar surface area (TPSA) is 74.4 Å². The van der Waals surface area contributed by atoms with Gasteiger partial charge in [-0.15, -0.1) is 0 Å². The maximum absolute atomic E-state index is 11.1. The third kappa shape index (κ3) is 3.87. The minimum Gasteiger partial charge on any atom is -0.486 e. The average Bonchev–Trinajstić information content (AvgIpc) is 2.45. The second-order valence-corrected chi connectivity index (χ2v) is 5.78. The van der Waals surface area contributed by atoms with Gasteiger partial charge in [-0.1, -0.05) is 19.4 Å². The molecule has 2 rings (SSSR count).